The highest BCUT2D eigenvalue weighted by atomic mass is 35.5. The van der Waals surface area contributed by atoms with Crippen LogP contribution in [0.3, 0.4) is 0 Å². The predicted octanol–water partition coefficient (Wildman–Crippen LogP) is 4.46. The predicted molar refractivity (Wildman–Crippen MR) is 122 cm³/mol. The zero-order valence-corrected chi connectivity index (χ0v) is 19.0. The smallest absolute Gasteiger partial charge is 0.409 e. The zero-order chi connectivity index (χ0) is 24.4. The minimum absolute atomic E-state index is 0.0778. The van der Waals surface area contributed by atoms with Crippen molar-refractivity contribution in [1.29, 1.82) is 0 Å². The summed E-state index contributed by atoms with van der Waals surface area (Å²) in [6, 6.07) is 11.6. The third-order valence-corrected chi connectivity index (χ3v) is 5.98. The molecule has 1 saturated heterocycles. The number of carbonyl (C=O) groups excluding carboxylic acids is 3. The molecule has 0 radical (unpaired) electrons. The molecule has 1 aliphatic heterocycles. The lowest BCUT2D eigenvalue weighted by atomic mass is 10.1. The first-order valence-electron chi connectivity index (χ1n) is 10.6. The van der Waals surface area contributed by atoms with Gasteiger partial charge in [0, 0.05) is 41.2 Å². The number of hydrogen-bond donors (Lipinski definition) is 1. The molecule has 2 amide bonds. The van der Waals surface area contributed by atoms with Gasteiger partial charge in [0.2, 0.25) is 5.91 Å². The van der Waals surface area contributed by atoms with Crippen molar-refractivity contribution in [2.45, 2.75) is 38.8 Å². The lowest BCUT2D eigenvalue weighted by molar-refractivity contribution is -0.138. The van der Waals surface area contributed by atoms with E-state index in [-0.39, 0.29) is 42.4 Å². The summed E-state index contributed by atoms with van der Waals surface area (Å²) in [4.78, 5) is 38.4. The number of ether oxygens (including phenoxy) is 1. The number of alkyl carbamates (subject to hydrolysis) is 1. The summed E-state index contributed by atoms with van der Waals surface area (Å²) in [5.74, 6) is -1.26. The number of nitrogens with one attached hydrogen (secondary N) is 1. The van der Waals surface area contributed by atoms with E-state index in [2.05, 4.69) is 5.32 Å². The Morgan fingerprint density at radius 2 is 1.94 bits per heavy atom. The number of aromatic nitrogens is 1. The van der Waals surface area contributed by atoms with Gasteiger partial charge < -0.3 is 19.5 Å². The molecular formula is C24H22ClF2N3O4. The average molecular weight is 490 g/mol. The topological polar surface area (TPSA) is 80.6 Å². The average Bonchev–Trinajstić information content (AvgIpc) is 3.35. The number of ketones is 1. The van der Waals surface area contributed by atoms with Crippen molar-refractivity contribution in [3.63, 3.8) is 0 Å². The van der Waals surface area contributed by atoms with Crippen molar-refractivity contribution in [3.8, 4) is 0 Å². The van der Waals surface area contributed by atoms with Crippen LogP contribution >= 0.6 is 11.6 Å². The minimum atomic E-state index is -1.36. The number of rotatable bonds is 6. The van der Waals surface area contributed by atoms with E-state index in [1.807, 2.05) is 0 Å². The fourth-order valence-electron chi connectivity index (χ4n) is 4.04. The molecule has 34 heavy (non-hydrogen) atoms. The van der Waals surface area contributed by atoms with Gasteiger partial charge in [-0.3, -0.25) is 9.59 Å². The lowest BCUT2D eigenvalue weighted by Crippen LogP contribution is -2.42. The standard InChI is InChI=1S/C24H22ClF2N3O4/c1-14(31)18-12-29(20-8-3-2-6-17(18)20)13-21(32)30-11-16(26)9-22(30)34-24(33)28-10-15-5-4-7-19(25)23(15)27/h2-8,12,16,22H,9-11,13H2,1H3,(H,28,33)/t16-,22+/m1/s1. The zero-order valence-electron chi connectivity index (χ0n) is 18.3. The maximum absolute atomic E-state index is 14.2. The van der Waals surface area contributed by atoms with Gasteiger partial charge in [0.25, 0.3) is 0 Å². The van der Waals surface area contributed by atoms with Crippen LogP contribution in [0.25, 0.3) is 10.9 Å². The van der Waals surface area contributed by atoms with Crippen LogP contribution in [0.2, 0.25) is 5.02 Å². The number of halogens is 3. The number of para-hydroxylation sites is 1. The molecule has 1 aliphatic rings. The van der Waals surface area contributed by atoms with Crippen molar-refractivity contribution < 1.29 is 27.9 Å². The molecule has 0 unspecified atom stereocenters. The van der Waals surface area contributed by atoms with Gasteiger partial charge in [-0.25, -0.2) is 13.6 Å². The van der Waals surface area contributed by atoms with Crippen LogP contribution in [0.4, 0.5) is 13.6 Å². The van der Waals surface area contributed by atoms with Gasteiger partial charge in [-0.1, -0.05) is 41.9 Å². The first kappa shape index (κ1) is 23.7. The monoisotopic (exact) mass is 489 g/mol. The second kappa shape index (κ2) is 9.80. The van der Waals surface area contributed by atoms with E-state index >= 15 is 0 Å². The molecule has 10 heteroatoms. The molecule has 2 heterocycles. The van der Waals surface area contributed by atoms with Crippen LogP contribution < -0.4 is 5.32 Å². The van der Waals surface area contributed by atoms with Gasteiger partial charge in [0.1, 0.15) is 18.5 Å². The summed E-state index contributed by atoms with van der Waals surface area (Å²) < 4.78 is 35.1. The largest absolute Gasteiger partial charge is 0.425 e. The van der Waals surface area contributed by atoms with Crippen molar-refractivity contribution in [2.24, 2.45) is 0 Å². The highest BCUT2D eigenvalue weighted by Gasteiger charge is 2.38. The summed E-state index contributed by atoms with van der Waals surface area (Å²) in [5.41, 5.74) is 1.33. The van der Waals surface area contributed by atoms with E-state index in [9.17, 15) is 23.2 Å². The van der Waals surface area contributed by atoms with E-state index in [4.69, 9.17) is 16.3 Å². The Balaban J connectivity index is 1.44. The number of likely N-dealkylation sites (tertiary alicyclic amines) is 1. The van der Waals surface area contributed by atoms with Gasteiger partial charge in [-0.15, -0.1) is 0 Å². The highest BCUT2D eigenvalue weighted by Crippen LogP contribution is 2.25. The Labute approximate surface area is 199 Å². The second-order valence-electron chi connectivity index (χ2n) is 8.05. The molecule has 2 aromatic carbocycles. The molecule has 1 N–H and O–H groups in total. The molecule has 178 valence electrons. The van der Waals surface area contributed by atoms with Crippen molar-refractivity contribution in [3.05, 3.63) is 70.6 Å². The van der Waals surface area contributed by atoms with Gasteiger partial charge in [-0.05, 0) is 19.1 Å². The molecule has 0 bridgehead atoms. The van der Waals surface area contributed by atoms with Crippen molar-refractivity contribution >= 4 is 40.3 Å². The van der Waals surface area contributed by atoms with Gasteiger partial charge in [-0.2, -0.15) is 0 Å². The quantitative estimate of drug-likeness (QED) is 0.518. The number of fused-ring (bicyclic) bond motifs is 1. The Morgan fingerprint density at radius 3 is 2.71 bits per heavy atom. The van der Waals surface area contributed by atoms with E-state index in [0.29, 0.717) is 16.5 Å². The summed E-state index contributed by atoms with van der Waals surface area (Å²) in [6.45, 7) is 0.877. The summed E-state index contributed by atoms with van der Waals surface area (Å²) in [5, 5.41) is 3.03. The number of hydrogen-bond acceptors (Lipinski definition) is 4. The first-order chi connectivity index (χ1) is 16.2. The first-order valence-corrected chi connectivity index (χ1v) is 11.0. The Kier molecular flexibility index (Phi) is 6.83. The Bertz CT molecular complexity index is 1260. The van der Waals surface area contributed by atoms with Crippen LogP contribution in [-0.4, -0.2) is 46.2 Å². The molecule has 2 atom stereocenters. The Morgan fingerprint density at radius 1 is 1.18 bits per heavy atom. The minimum Gasteiger partial charge on any atom is -0.425 e. The summed E-state index contributed by atoms with van der Waals surface area (Å²) >= 11 is 5.73. The number of amides is 2. The number of benzene rings is 2. The lowest BCUT2D eigenvalue weighted by Gasteiger charge is -2.24. The van der Waals surface area contributed by atoms with Crippen molar-refractivity contribution in [1.82, 2.24) is 14.8 Å². The van der Waals surface area contributed by atoms with E-state index in [0.717, 1.165) is 4.90 Å². The van der Waals surface area contributed by atoms with Gasteiger partial charge >= 0.3 is 6.09 Å². The molecule has 7 nitrogen and oxygen atoms in total. The van der Waals surface area contributed by atoms with Crippen LogP contribution in [0, 0.1) is 5.82 Å². The number of alkyl halides is 1. The normalized spacial score (nSPS) is 17.7. The fourth-order valence-corrected chi connectivity index (χ4v) is 4.23. The molecule has 3 aromatic rings. The van der Waals surface area contributed by atoms with Gasteiger partial charge in [0.05, 0.1) is 11.6 Å². The molecule has 0 spiro atoms. The van der Waals surface area contributed by atoms with Crippen LogP contribution in [0.15, 0.2) is 48.7 Å². The van der Waals surface area contributed by atoms with Crippen LogP contribution in [0.5, 0.6) is 0 Å². The number of Topliss-reactive ketones (excluding diaryl/α,β-unsaturated/α-hetero) is 1. The van der Waals surface area contributed by atoms with Crippen molar-refractivity contribution in [2.75, 3.05) is 6.54 Å². The van der Waals surface area contributed by atoms with E-state index in [1.54, 1.807) is 41.1 Å². The molecule has 1 fully saturated rings. The van der Waals surface area contributed by atoms with Crippen LogP contribution in [0.1, 0.15) is 29.3 Å². The number of nitrogens with zero attached hydrogens (tertiary/aromatic N) is 2. The number of carbonyl (C=O) groups is 3. The maximum atomic E-state index is 14.2. The second-order valence-corrected chi connectivity index (χ2v) is 8.46. The summed E-state index contributed by atoms with van der Waals surface area (Å²) in [6.07, 6.45) is -1.96. The third-order valence-electron chi connectivity index (χ3n) is 5.69. The SMILES string of the molecule is CC(=O)c1cn(CC(=O)N2C[C@H](F)C[C@@H]2OC(=O)NCc2cccc(Cl)c2F)c2ccccc12. The Hall–Kier alpha value is -3.46. The van der Waals surface area contributed by atoms with E-state index in [1.165, 1.54) is 19.1 Å². The molecular weight excluding hydrogens is 468 g/mol. The molecule has 0 aliphatic carbocycles. The van der Waals surface area contributed by atoms with Gasteiger partial charge in [0.15, 0.2) is 12.0 Å². The molecule has 1 aromatic heterocycles. The summed E-state index contributed by atoms with van der Waals surface area (Å²) in [7, 11) is 0. The third kappa shape index (κ3) is 4.89. The van der Waals surface area contributed by atoms with Crippen LogP contribution in [-0.2, 0) is 22.6 Å². The molecule has 4 rings (SSSR count). The van der Waals surface area contributed by atoms with E-state index < -0.39 is 30.2 Å². The molecule has 0 saturated carbocycles. The fraction of sp³-hybridized carbons (Fsp3) is 0.292. The highest BCUT2D eigenvalue weighted by molar-refractivity contribution is 6.30. The maximum Gasteiger partial charge on any atom is 0.409 e.